The molecule has 0 bridgehead atoms. The van der Waals surface area contributed by atoms with Crippen molar-refractivity contribution in [2.45, 2.75) is 6.92 Å². The minimum Gasteiger partial charge on any atom is -0.469 e. The minimum absolute atomic E-state index is 0.243. The number of aryl methyl sites for hydroxylation is 1. The molecule has 2 aromatic heterocycles. The standard InChI is InChI=1S/C11H8BrClN2O2/c1-6-8(2-3-17-6)11(16)15-7-4-9(12)10(13)14-5-7/h2-5H,1H3,(H,15,16). The molecule has 1 amide bonds. The minimum atomic E-state index is -0.243. The van der Waals surface area contributed by atoms with Crippen LogP contribution >= 0.6 is 27.5 Å². The van der Waals surface area contributed by atoms with E-state index in [9.17, 15) is 4.79 Å². The zero-order valence-corrected chi connectivity index (χ0v) is 11.2. The molecule has 0 unspecified atom stereocenters. The Balaban J connectivity index is 2.19. The molecule has 0 saturated carbocycles. The second-order valence-corrected chi connectivity index (χ2v) is 4.55. The van der Waals surface area contributed by atoms with Gasteiger partial charge in [0.25, 0.3) is 5.91 Å². The van der Waals surface area contributed by atoms with E-state index < -0.39 is 0 Å². The van der Waals surface area contributed by atoms with Crippen LogP contribution in [0.15, 0.2) is 33.5 Å². The van der Waals surface area contributed by atoms with Gasteiger partial charge in [0.2, 0.25) is 0 Å². The number of nitrogens with one attached hydrogen (secondary N) is 1. The summed E-state index contributed by atoms with van der Waals surface area (Å²) in [5.74, 6) is 0.329. The lowest BCUT2D eigenvalue weighted by molar-refractivity contribution is 0.102. The third kappa shape index (κ3) is 2.68. The van der Waals surface area contributed by atoms with E-state index in [1.165, 1.54) is 12.5 Å². The number of pyridine rings is 1. The first-order chi connectivity index (χ1) is 8.08. The Morgan fingerprint density at radius 2 is 2.35 bits per heavy atom. The van der Waals surface area contributed by atoms with E-state index in [0.717, 1.165) is 0 Å². The van der Waals surface area contributed by atoms with Crippen LogP contribution < -0.4 is 5.32 Å². The van der Waals surface area contributed by atoms with Gasteiger partial charge in [-0.2, -0.15) is 0 Å². The molecule has 0 aliphatic rings. The molecular weight excluding hydrogens is 307 g/mol. The summed E-state index contributed by atoms with van der Waals surface area (Å²) < 4.78 is 5.69. The van der Waals surface area contributed by atoms with Crippen molar-refractivity contribution < 1.29 is 9.21 Å². The highest BCUT2D eigenvalue weighted by atomic mass is 79.9. The number of aromatic nitrogens is 1. The summed E-state index contributed by atoms with van der Waals surface area (Å²) in [5, 5.41) is 3.05. The van der Waals surface area contributed by atoms with Gasteiger partial charge in [0.15, 0.2) is 0 Å². The lowest BCUT2D eigenvalue weighted by Gasteiger charge is -2.04. The van der Waals surface area contributed by atoms with Gasteiger partial charge in [-0.05, 0) is 35.0 Å². The molecule has 0 spiro atoms. The Labute approximate surface area is 111 Å². The number of nitrogens with zero attached hydrogens (tertiary/aromatic N) is 1. The number of halogens is 2. The zero-order valence-electron chi connectivity index (χ0n) is 8.83. The molecule has 2 rings (SSSR count). The Morgan fingerprint density at radius 1 is 1.59 bits per heavy atom. The fourth-order valence-electron chi connectivity index (χ4n) is 1.31. The highest BCUT2D eigenvalue weighted by Gasteiger charge is 2.12. The highest BCUT2D eigenvalue weighted by molar-refractivity contribution is 9.10. The van der Waals surface area contributed by atoms with Crippen molar-refractivity contribution in [2.75, 3.05) is 5.32 Å². The van der Waals surface area contributed by atoms with Crippen LogP contribution in [0.2, 0.25) is 5.15 Å². The predicted octanol–water partition coefficient (Wildman–Crippen LogP) is 3.65. The fraction of sp³-hybridized carbons (Fsp3) is 0.0909. The third-order valence-corrected chi connectivity index (χ3v) is 3.29. The number of rotatable bonds is 2. The van der Waals surface area contributed by atoms with Gasteiger partial charge < -0.3 is 9.73 Å². The van der Waals surface area contributed by atoms with Crippen molar-refractivity contribution in [2.24, 2.45) is 0 Å². The summed E-state index contributed by atoms with van der Waals surface area (Å²) in [7, 11) is 0. The lowest BCUT2D eigenvalue weighted by atomic mass is 10.2. The number of hydrogen-bond donors (Lipinski definition) is 1. The first-order valence-corrected chi connectivity index (χ1v) is 5.91. The molecule has 0 saturated heterocycles. The second kappa shape index (κ2) is 4.89. The zero-order chi connectivity index (χ0) is 12.4. The normalized spacial score (nSPS) is 10.3. The molecule has 17 heavy (non-hydrogen) atoms. The van der Waals surface area contributed by atoms with E-state index in [0.29, 0.717) is 26.6 Å². The molecular formula is C11H8BrClN2O2. The topological polar surface area (TPSA) is 55.1 Å². The summed E-state index contributed by atoms with van der Waals surface area (Å²) in [6.07, 6.45) is 2.96. The number of furan rings is 1. The van der Waals surface area contributed by atoms with Gasteiger partial charge in [0, 0.05) is 0 Å². The maximum atomic E-state index is 11.8. The summed E-state index contributed by atoms with van der Waals surface area (Å²) in [5.41, 5.74) is 1.06. The van der Waals surface area contributed by atoms with E-state index in [2.05, 4.69) is 26.2 Å². The largest absolute Gasteiger partial charge is 0.469 e. The summed E-state index contributed by atoms with van der Waals surface area (Å²) >= 11 is 8.99. The lowest BCUT2D eigenvalue weighted by Crippen LogP contribution is -2.12. The average molecular weight is 316 g/mol. The van der Waals surface area contributed by atoms with E-state index in [-0.39, 0.29) is 5.91 Å². The van der Waals surface area contributed by atoms with E-state index >= 15 is 0 Å². The van der Waals surface area contributed by atoms with Gasteiger partial charge in [0.1, 0.15) is 10.9 Å². The smallest absolute Gasteiger partial charge is 0.259 e. The van der Waals surface area contributed by atoms with E-state index in [4.69, 9.17) is 16.0 Å². The first-order valence-electron chi connectivity index (χ1n) is 4.74. The van der Waals surface area contributed by atoms with Gasteiger partial charge in [-0.3, -0.25) is 4.79 Å². The molecule has 0 aromatic carbocycles. The molecule has 1 N–H and O–H groups in total. The van der Waals surface area contributed by atoms with Gasteiger partial charge >= 0.3 is 0 Å². The summed E-state index contributed by atoms with van der Waals surface area (Å²) in [4.78, 5) is 15.8. The van der Waals surface area contributed by atoms with Crippen LogP contribution in [0, 0.1) is 6.92 Å². The molecule has 0 fully saturated rings. The SMILES string of the molecule is Cc1occc1C(=O)Nc1cnc(Cl)c(Br)c1. The van der Waals surface area contributed by atoms with Crippen molar-refractivity contribution in [3.05, 3.63) is 45.5 Å². The molecule has 0 aliphatic carbocycles. The van der Waals surface area contributed by atoms with Crippen molar-refractivity contribution >= 4 is 39.1 Å². The van der Waals surface area contributed by atoms with Crippen LogP contribution in [0.3, 0.4) is 0 Å². The van der Waals surface area contributed by atoms with Crippen molar-refractivity contribution in [1.82, 2.24) is 4.98 Å². The molecule has 2 aromatic rings. The molecule has 0 aliphatic heterocycles. The van der Waals surface area contributed by atoms with Crippen LogP contribution in [0.5, 0.6) is 0 Å². The molecule has 2 heterocycles. The monoisotopic (exact) mass is 314 g/mol. The second-order valence-electron chi connectivity index (χ2n) is 3.34. The highest BCUT2D eigenvalue weighted by Crippen LogP contribution is 2.23. The number of amides is 1. The molecule has 0 radical (unpaired) electrons. The van der Waals surface area contributed by atoms with Gasteiger partial charge in [-0.1, -0.05) is 11.6 Å². The van der Waals surface area contributed by atoms with Crippen molar-refractivity contribution in [3.8, 4) is 0 Å². The van der Waals surface area contributed by atoms with Crippen molar-refractivity contribution in [3.63, 3.8) is 0 Å². The van der Waals surface area contributed by atoms with Crippen LogP contribution in [0.1, 0.15) is 16.1 Å². The van der Waals surface area contributed by atoms with Crippen LogP contribution in [-0.2, 0) is 0 Å². The quantitative estimate of drug-likeness (QED) is 0.861. The van der Waals surface area contributed by atoms with E-state index in [1.807, 2.05) is 0 Å². The van der Waals surface area contributed by atoms with Gasteiger partial charge in [-0.15, -0.1) is 0 Å². The van der Waals surface area contributed by atoms with Crippen LogP contribution in [0.4, 0.5) is 5.69 Å². The van der Waals surface area contributed by atoms with Gasteiger partial charge in [0.05, 0.1) is 28.2 Å². The third-order valence-electron chi connectivity index (χ3n) is 2.16. The maximum Gasteiger partial charge on any atom is 0.259 e. The Morgan fingerprint density at radius 3 is 2.94 bits per heavy atom. The van der Waals surface area contributed by atoms with Gasteiger partial charge in [-0.25, -0.2) is 4.98 Å². The van der Waals surface area contributed by atoms with E-state index in [1.54, 1.807) is 19.1 Å². The summed E-state index contributed by atoms with van der Waals surface area (Å²) in [6.45, 7) is 1.73. The molecule has 88 valence electrons. The number of carbonyl (C=O) groups is 1. The van der Waals surface area contributed by atoms with Crippen LogP contribution in [-0.4, -0.2) is 10.9 Å². The molecule has 4 nitrogen and oxygen atoms in total. The Bertz CT molecular complexity index is 568. The number of carbonyl (C=O) groups excluding carboxylic acids is 1. The average Bonchev–Trinajstić information content (AvgIpc) is 2.70. The Hall–Kier alpha value is -1.33. The number of anilines is 1. The fourth-order valence-corrected chi connectivity index (χ4v) is 1.76. The maximum absolute atomic E-state index is 11.8. The van der Waals surface area contributed by atoms with Crippen molar-refractivity contribution in [1.29, 1.82) is 0 Å². The Kier molecular flexibility index (Phi) is 3.49. The predicted molar refractivity (Wildman–Crippen MR) is 68.3 cm³/mol. The first kappa shape index (κ1) is 12.1. The van der Waals surface area contributed by atoms with Crippen LogP contribution in [0.25, 0.3) is 0 Å². The number of hydrogen-bond acceptors (Lipinski definition) is 3. The summed E-state index contributed by atoms with van der Waals surface area (Å²) in [6, 6.07) is 3.30. The molecule has 0 atom stereocenters. The molecule has 6 heteroatoms.